The molecule has 3 rings (SSSR count). The second-order valence-electron chi connectivity index (χ2n) is 10.4. The van der Waals surface area contributed by atoms with E-state index in [4.69, 9.17) is 9.47 Å². The molecule has 0 heterocycles. The Morgan fingerprint density at radius 1 is 1.08 bits per heavy atom. The number of thioether (sulfide) groups is 1. The predicted octanol–water partition coefficient (Wildman–Crippen LogP) is 5.32. The van der Waals surface area contributed by atoms with Crippen molar-refractivity contribution in [3.63, 3.8) is 0 Å². The number of nitrogens with one attached hydrogen (secondary N) is 2. The molecule has 0 radical (unpaired) electrons. The van der Waals surface area contributed by atoms with Gasteiger partial charge in [0.2, 0.25) is 5.91 Å². The zero-order valence-electron chi connectivity index (χ0n) is 23.1. The zero-order valence-corrected chi connectivity index (χ0v) is 23.9. The van der Waals surface area contributed by atoms with E-state index < -0.39 is 23.8 Å². The minimum absolute atomic E-state index is 0.0917. The molecule has 0 bridgehead atoms. The zero-order chi connectivity index (χ0) is 27.9. The van der Waals surface area contributed by atoms with Crippen molar-refractivity contribution in [1.29, 1.82) is 0 Å². The number of amides is 3. The van der Waals surface area contributed by atoms with Gasteiger partial charge >= 0.3 is 6.09 Å². The van der Waals surface area contributed by atoms with Crippen LogP contribution in [0, 0.1) is 6.92 Å². The fourth-order valence-corrected chi connectivity index (χ4v) is 4.66. The van der Waals surface area contributed by atoms with E-state index in [1.165, 1.54) is 0 Å². The Morgan fingerprint density at radius 2 is 1.74 bits per heavy atom. The van der Waals surface area contributed by atoms with Crippen molar-refractivity contribution >= 4 is 35.4 Å². The van der Waals surface area contributed by atoms with Gasteiger partial charge in [-0.2, -0.15) is 11.8 Å². The summed E-state index contributed by atoms with van der Waals surface area (Å²) in [7, 11) is 1.58. The van der Waals surface area contributed by atoms with Crippen LogP contribution in [0.4, 0.5) is 10.5 Å². The maximum Gasteiger partial charge on any atom is 0.408 e. The van der Waals surface area contributed by atoms with Crippen molar-refractivity contribution in [2.45, 2.75) is 70.7 Å². The van der Waals surface area contributed by atoms with Gasteiger partial charge in [-0.15, -0.1) is 0 Å². The highest BCUT2D eigenvalue weighted by atomic mass is 32.2. The molecule has 2 aromatic rings. The molecular formula is C29H39N3O5S. The summed E-state index contributed by atoms with van der Waals surface area (Å²) >= 11 is 1.59. The van der Waals surface area contributed by atoms with Crippen LogP contribution in [-0.2, 0) is 14.3 Å². The lowest BCUT2D eigenvalue weighted by molar-refractivity contribution is -0.141. The van der Waals surface area contributed by atoms with E-state index >= 15 is 0 Å². The minimum atomic E-state index is -0.865. The molecule has 38 heavy (non-hydrogen) atoms. The average Bonchev–Trinajstić information content (AvgIpc) is 3.69. The van der Waals surface area contributed by atoms with Crippen LogP contribution in [0.1, 0.15) is 57.2 Å². The van der Waals surface area contributed by atoms with E-state index in [2.05, 4.69) is 10.6 Å². The Morgan fingerprint density at radius 3 is 2.29 bits per heavy atom. The second kappa shape index (κ2) is 13.0. The van der Waals surface area contributed by atoms with Gasteiger partial charge in [0.25, 0.3) is 5.91 Å². The molecule has 0 spiro atoms. The molecule has 0 saturated heterocycles. The van der Waals surface area contributed by atoms with E-state index in [0.29, 0.717) is 23.6 Å². The van der Waals surface area contributed by atoms with Gasteiger partial charge in [-0.1, -0.05) is 24.3 Å². The molecule has 1 fully saturated rings. The monoisotopic (exact) mass is 541 g/mol. The molecule has 0 aromatic heterocycles. The van der Waals surface area contributed by atoms with Crippen LogP contribution in [0.3, 0.4) is 0 Å². The summed E-state index contributed by atoms with van der Waals surface area (Å²) in [6.07, 6.45) is 3.31. The van der Waals surface area contributed by atoms with E-state index in [1.807, 2.05) is 37.4 Å². The third-order valence-electron chi connectivity index (χ3n) is 6.16. The van der Waals surface area contributed by atoms with E-state index in [-0.39, 0.29) is 17.9 Å². The lowest BCUT2D eigenvalue weighted by atomic mass is 9.97. The number of rotatable bonds is 11. The van der Waals surface area contributed by atoms with Crippen molar-refractivity contribution in [2.24, 2.45) is 0 Å². The highest BCUT2D eigenvalue weighted by Gasteiger charge is 2.44. The molecule has 2 unspecified atom stereocenters. The van der Waals surface area contributed by atoms with Gasteiger partial charge in [0.1, 0.15) is 23.4 Å². The number of nitrogens with zero attached hydrogens (tertiary/aromatic N) is 1. The third kappa shape index (κ3) is 8.15. The summed E-state index contributed by atoms with van der Waals surface area (Å²) in [6, 6.07) is 12.9. The first kappa shape index (κ1) is 29.4. The maximum absolute atomic E-state index is 14.1. The van der Waals surface area contributed by atoms with Gasteiger partial charge in [-0.3, -0.25) is 9.59 Å². The largest absolute Gasteiger partial charge is 0.497 e. The number of benzene rings is 2. The number of methoxy groups -OCH3 is 1. The summed E-state index contributed by atoms with van der Waals surface area (Å²) in [5.74, 6) is 0.742. The number of carbonyl (C=O) groups excluding carboxylic acids is 3. The van der Waals surface area contributed by atoms with Gasteiger partial charge in [0.05, 0.1) is 7.11 Å². The van der Waals surface area contributed by atoms with Crippen LogP contribution in [0.2, 0.25) is 0 Å². The Labute approximate surface area is 229 Å². The molecule has 0 aliphatic heterocycles. The van der Waals surface area contributed by atoms with Gasteiger partial charge in [0.15, 0.2) is 0 Å². The molecule has 2 atom stereocenters. The SMILES string of the molecule is COc1ccc(NC(=O)C(c2ccccc2C)N(C(=O)C(CCSC)NC(=O)OC(C)(C)C)C2CC2)cc1. The van der Waals surface area contributed by atoms with Crippen molar-refractivity contribution in [2.75, 3.05) is 24.4 Å². The molecule has 206 valence electrons. The standard InChI is InChI=1S/C29H39N3O5S/c1-19-9-7-8-10-23(19)25(26(33)30-20-11-15-22(36-5)16-12-20)32(21-13-14-21)27(34)24(17-18-38-6)31-28(35)37-29(2,3)4/h7-12,15-16,21,24-25H,13-14,17-18H2,1-6H3,(H,30,33)(H,31,35). The van der Waals surface area contributed by atoms with Crippen molar-refractivity contribution in [3.8, 4) is 5.75 Å². The average molecular weight is 542 g/mol. The predicted molar refractivity (Wildman–Crippen MR) is 152 cm³/mol. The van der Waals surface area contributed by atoms with Crippen LogP contribution in [0.15, 0.2) is 48.5 Å². The minimum Gasteiger partial charge on any atom is -0.497 e. The number of ether oxygens (including phenoxy) is 2. The first-order chi connectivity index (χ1) is 18.0. The summed E-state index contributed by atoms with van der Waals surface area (Å²) in [5.41, 5.74) is 1.56. The first-order valence-corrected chi connectivity index (χ1v) is 14.2. The highest BCUT2D eigenvalue weighted by Crippen LogP contribution is 2.37. The summed E-state index contributed by atoms with van der Waals surface area (Å²) in [5, 5.41) is 5.77. The van der Waals surface area contributed by atoms with Crippen LogP contribution < -0.4 is 15.4 Å². The van der Waals surface area contributed by atoms with Crippen LogP contribution in [0.25, 0.3) is 0 Å². The van der Waals surface area contributed by atoms with Gasteiger partial charge < -0.3 is 25.0 Å². The van der Waals surface area contributed by atoms with Crippen molar-refractivity contribution < 1.29 is 23.9 Å². The van der Waals surface area contributed by atoms with Crippen molar-refractivity contribution in [3.05, 3.63) is 59.7 Å². The van der Waals surface area contributed by atoms with E-state index in [0.717, 1.165) is 24.0 Å². The highest BCUT2D eigenvalue weighted by molar-refractivity contribution is 7.98. The summed E-state index contributed by atoms with van der Waals surface area (Å²) in [6.45, 7) is 7.27. The molecule has 8 nitrogen and oxygen atoms in total. The van der Waals surface area contributed by atoms with Gasteiger partial charge in [-0.05, 0) is 94.4 Å². The Balaban J connectivity index is 1.96. The molecule has 1 saturated carbocycles. The third-order valence-corrected chi connectivity index (χ3v) is 6.81. The van der Waals surface area contributed by atoms with E-state index in [9.17, 15) is 14.4 Å². The fourth-order valence-electron chi connectivity index (χ4n) is 4.19. The molecular weight excluding hydrogens is 502 g/mol. The fraction of sp³-hybridized carbons (Fsp3) is 0.483. The van der Waals surface area contributed by atoms with Gasteiger partial charge in [0, 0.05) is 11.7 Å². The quantitative estimate of drug-likeness (QED) is 0.400. The maximum atomic E-state index is 14.1. The number of carbonyl (C=O) groups is 3. The molecule has 1 aliphatic carbocycles. The lowest BCUT2D eigenvalue weighted by Crippen LogP contribution is -2.53. The van der Waals surface area contributed by atoms with Crippen molar-refractivity contribution in [1.82, 2.24) is 10.2 Å². The molecule has 2 N–H and O–H groups in total. The number of hydrogen-bond acceptors (Lipinski definition) is 6. The van der Waals surface area contributed by atoms with Crippen LogP contribution in [-0.4, -0.2) is 59.6 Å². The van der Waals surface area contributed by atoms with Crippen LogP contribution >= 0.6 is 11.8 Å². The number of alkyl carbamates (subject to hydrolysis) is 1. The van der Waals surface area contributed by atoms with E-state index in [1.54, 1.807) is 68.8 Å². The molecule has 9 heteroatoms. The Bertz CT molecular complexity index is 1110. The first-order valence-electron chi connectivity index (χ1n) is 12.8. The number of hydrogen-bond donors (Lipinski definition) is 2. The molecule has 3 amide bonds. The second-order valence-corrected chi connectivity index (χ2v) is 11.4. The normalized spacial score (nSPS) is 14.7. The van der Waals surface area contributed by atoms with Gasteiger partial charge in [-0.25, -0.2) is 4.79 Å². The van der Waals surface area contributed by atoms with Crippen LogP contribution in [0.5, 0.6) is 5.75 Å². The lowest BCUT2D eigenvalue weighted by Gasteiger charge is -2.35. The molecule has 2 aromatic carbocycles. The smallest absolute Gasteiger partial charge is 0.408 e. The summed E-state index contributed by atoms with van der Waals surface area (Å²) < 4.78 is 10.7. The molecule has 1 aliphatic rings. The Hall–Kier alpha value is -3.20. The summed E-state index contributed by atoms with van der Waals surface area (Å²) in [4.78, 5) is 42.4. The Kier molecular flexibility index (Phi) is 10.1. The number of aryl methyl sites for hydroxylation is 1. The topological polar surface area (TPSA) is 97.0 Å². The number of anilines is 1.